The van der Waals surface area contributed by atoms with Gasteiger partial charge < -0.3 is 15.6 Å². The zero-order chi connectivity index (χ0) is 11.4. The summed E-state index contributed by atoms with van der Waals surface area (Å²) in [5, 5.41) is 9.82. The van der Waals surface area contributed by atoms with E-state index < -0.39 is 6.10 Å². The van der Waals surface area contributed by atoms with Gasteiger partial charge in [-0.05, 0) is 23.6 Å². The van der Waals surface area contributed by atoms with Crippen molar-refractivity contribution in [2.45, 2.75) is 26.0 Å². The summed E-state index contributed by atoms with van der Waals surface area (Å²) in [7, 11) is 1.62. The Bertz CT molecular complexity index is 295. The topological polar surface area (TPSA) is 55.5 Å². The van der Waals surface area contributed by atoms with Gasteiger partial charge in [0.2, 0.25) is 0 Å². The van der Waals surface area contributed by atoms with Gasteiger partial charge in [-0.3, -0.25) is 0 Å². The lowest BCUT2D eigenvalue weighted by Crippen LogP contribution is -2.30. The molecular weight excluding hydrogens is 190 g/mol. The summed E-state index contributed by atoms with van der Waals surface area (Å²) >= 11 is 0. The lowest BCUT2D eigenvalue weighted by atomic mass is 9.94. The number of hydrogen-bond acceptors (Lipinski definition) is 3. The molecule has 0 saturated heterocycles. The van der Waals surface area contributed by atoms with Crippen LogP contribution in [-0.4, -0.2) is 18.3 Å². The minimum Gasteiger partial charge on any atom is -0.497 e. The van der Waals surface area contributed by atoms with Crippen molar-refractivity contribution in [2.75, 3.05) is 7.11 Å². The smallest absolute Gasteiger partial charge is 0.118 e. The van der Waals surface area contributed by atoms with Gasteiger partial charge in [0.15, 0.2) is 0 Å². The van der Waals surface area contributed by atoms with E-state index in [1.807, 2.05) is 38.1 Å². The molecular formula is C12H19NO2. The fourth-order valence-corrected chi connectivity index (χ4v) is 1.44. The molecule has 0 saturated carbocycles. The highest BCUT2D eigenvalue weighted by atomic mass is 16.5. The van der Waals surface area contributed by atoms with E-state index in [1.54, 1.807) is 7.11 Å². The van der Waals surface area contributed by atoms with Gasteiger partial charge in [-0.25, -0.2) is 0 Å². The number of ether oxygens (including phenoxy) is 1. The van der Waals surface area contributed by atoms with E-state index in [2.05, 4.69) is 0 Å². The number of rotatable bonds is 4. The van der Waals surface area contributed by atoms with Gasteiger partial charge in [0, 0.05) is 0 Å². The van der Waals surface area contributed by atoms with Gasteiger partial charge in [0.25, 0.3) is 0 Å². The van der Waals surface area contributed by atoms with Crippen LogP contribution in [0.2, 0.25) is 0 Å². The number of benzene rings is 1. The third kappa shape index (κ3) is 2.94. The Hall–Kier alpha value is -1.06. The summed E-state index contributed by atoms with van der Waals surface area (Å²) in [5.41, 5.74) is 6.87. The first-order valence-electron chi connectivity index (χ1n) is 5.14. The molecule has 0 aliphatic carbocycles. The average Bonchev–Trinajstić information content (AvgIpc) is 2.27. The highest BCUT2D eigenvalue weighted by Gasteiger charge is 2.19. The molecule has 3 heteroatoms. The van der Waals surface area contributed by atoms with Crippen molar-refractivity contribution in [3.8, 4) is 5.75 Å². The molecule has 3 N–H and O–H groups in total. The van der Waals surface area contributed by atoms with Crippen molar-refractivity contribution in [1.82, 2.24) is 0 Å². The van der Waals surface area contributed by atoms with Crippen LogP contribution in [0.1, 0.15) is 25.5 Å². The van der Waals surface area contributed by atoms with Crippen LogP contribution in [0.3, 0.4) is 0 Å². The number of aliphatic hydroxyl groups is 1. The van der Waals surface area contributed by atoms with Crippen molar-refractivity contribution in [3.05, 3.63) is 29.8 Å². The van der Waals surface area contributed by atoms with E-state index in [9.17, 15) is 5.11 Å². The van der Waals surface area contributed by atoms with Crippen LogP contribution in [0.4, 0.5) is 0 Å². The third-order valence-corrected chi connectivity index (χ3v) is 2.55. The zero-order valence-corrected chi connectivity index (χ0v) is 9.47. The van der Waals surface area contributed by atoms with Crippen LogP contribution in [0.15, 0.2) is 24.3 Å². The molecule has 3 nitrogen and oxygen atoms in total. The Morgan fingerprint density at radius 2 is 1.73 bits per heavy atom. The standard InChI is InChI=1S/C12H19NO2/c1-8(2)12(14)11(13)9-4-6-10(15-3)7-5-9/h4-8,11-12,14H,13H2,1-3H3/t11-,12+/m1/s1. The fraction of sp³-hybridized carbons (Fsp3) is 0.500. The normalized spacial score (nSPS) is 15.1. The van der Waals surface area contributed by atoms with Crippen LogP contribution >= 0.6 is 0 Å². The van der Waals surface area contributed by atoms with Gasteiger partial charge in [-0.1, -0.05) is 26.0 Å². The van der Waals surface area contributed by atoms with E-state index in [0.29, 0.717) is 0 Å². The number of hydrogen-bond donors (Lipinski definition) is 2. The molecule has 0 radical (unpaired) electrons. The number of aliphatic hydroxyl groups excluding tert-OH is 1. The minimum absolute atomic E-state index is 0.155. The molecule has 15 heavy (non-hydrogen) atoms. The second-order valence-electron chi connectivity index (χ2n) is 4.03. The third-order valence-electron chi connectivity index (χ3n) is 2.55. The van der Waals surface area contributed by atoms with Crippen LogP contribution < -0.4 is 10.5 Å². The van der Waals surface area contributed by atoms with Gasteiger partial charge >= 0.3 is 0 Å². The van der Waals surface area contributed by atoms with Crippen molar-refractivity contribution < 1.29 is 9.84 Å². The Labute approximate surface area is 90.9 Å². The molecule has 0 fully saturated rings. The molecule has 84 valence electrons. The Balaban J connectivity index is 2.78. The zero-order valence-electron chi connectivity index (χ0n) is 9.47. The summed E-state index contributed by atoms with van der Waals surface area (Å²) in [6.45, 7) is 3.90. The summed E-state index contributed by atoms with van der Waals surface area (Å²) in [5.74, 6) is 0.951. The molecule has 0 amide bonds. The van der Waals surface area contributed by atoms with Crippen LogP contribution in [-0.2, 0) is 0 Å². The van der Waals surface area contributed by atoms with E-state index in [4.69, 9.17) is 10.5 Å². The van der Waals surface area contributed by atoms with Crippen molar-refractivity contribution in [2.24, 2.45) is 11.7 Å². The second-order valence-corrected chi connectivity index (χ2v) is 4.03. The Morgan fingerprint density at radius 1 is 1.20 bits per heavy atom. The van der Waals surface area contributed by atoms with E-state index in [0.717, 1.165) is 11.3 Å². The van der Waals surface area contributed by atoms with E-state index in [1.165, 1.54) is 0 Å². The molecule has 0 bridgehead atoms. The first-order chi connectivity index (χ1) is 7.06. The molecule has 0 aromatic heterocycles. The monoisotopic (exact) mass is 209 g/mol. The molecule has 1 rings (SSSR count). The maximum absolute atomic E-state index is 9.82. The lowest BCUT2D eigenvalue weighted by Gasteiger charge is -2.22. The van der Waals surface area contributed by atoms with Crippen molar-refractivity contribution in [3.63, 3.8) is 0 Å². The summed E-state index contributed by atoms with van der Waals surface area (Å²) in [4.78, 5) is 0. The molecule has 0 spiro atoms. The van der Waals surface area contributed by atoms with Crippen LogP contribution in [0.25, 0.3) is 0 Å². The van der Waals surface area contributed by atoms with Gasteiger partial charge in [0.05, 0.1) is 19.3 Å². The summed E-state index contributed by atoms with van der Waals surface area (Å²) in [6.07, 6.45) is -0.515. The first-order valence-corrected chi connectivity index (χ1v) is 5.14. The number of methoxy groups -OCH3 is 1. The van der Waals surface area contributed by atoms with Crippen molar-refractivity contribution in [1.29, 1.82) is 0 Å². The summed E-state index contributed by atoms with van der Waals surface area (Å²) in [6, 6.07) is 7.13. The quantitative estimate of drug-likeness (QED) is 0.793. The van der Waals surface area contributed by atoms with E-state index in [-0.39, 0.29) is 12.0 Å². The van der Waals surface area contributed by atoms with Crippen molar-refractivity contribution >= 4 is 0 Å². The Kier molecular flexibility index (Phi) is 4.12. The van der Waals surface area contributed by atoms with Crippen LogP contribution in [0.5, 0.6) is 5.75 Å². The SMILES string of the molecule is COc1ccc([C@@H](N)[C@@H](O)C(C)C)cc1. The predicted molar refractivity (Wildman–Crippen MR) is 60.8 cm³/mol. The van der Waals surface area contributed by atoms with Gasteiger partial charge in [-0.2, -0.15) is 0 Å². The average molecular weight is 209 g/mol. The predicted octanol–water partition coefficient (Wildman–Crippen LogP) is 1.71. The highest BCUT2D eigenvalue weighted by molar-refractivity contribution is 5.29. The lowest BCUT2D eigenvalue weighted by molar-refractivity contribution is 0.0979. The maximum Gasteiger partial charge on any atom is 0.118 e. The molecule has 1 aromatic rings. The van der Waals surface area contributed by atoms with Gasteiger partial charge in [0.1, 0.15) is 5.75 Å². The minimum atomic E-state index is -0.515. The molecule has 2 atom stereocenters. The number of nitrogens with two attached hydrogens (primary N) is 1. The highest BCUT2D eigenvalue weighted by Crippen LogP contribution is 2.21. The molecule has 0 heterocycles. The van der Waals surface area contributed by atoms with E-state index >= 15 is 0 Å². The Morgan fingerprint density at radius 3 is 2.13 bits per heavy atom. The molecule has 0 aliphatic rings. The summed E-state index contributed by atoms with van der Waals surface area (Å²) < 4.78 is 5.05. The largest absolute Gasteiger partial charge is 0.497 e. The fourth-order valence-electron chi connectivity index (χ4n) is 1.44. The maximum atomic E-state index is 9.82. The first kappa shape index (κ1) is 12.0. The van der Waals surface area contributed by atoms with Crippen LogP contribution in [0, 0.1) is 5.92 Å². The second kappa shape index (κ2) is 5.14. The molecule has 1 aromatic carbocycles. The molecule has 0 aliphatic heterocycles. The van der Waals surface area contributed by atoms with Gasteiger partial charge in [-0.15, -0.1) is 0 Å². The molecule has 0 unspecified atom stereocenters.